The van der Waals surface area contributed by atoms with Crippen LogP contribution in [0.15, 0.2) is 60.8 Å². The summed E-state index contributed by atoms with van der Waals surface area (Å²) in [5.41, 5.74) is 1.12. The molecule has 158 valence electrons. The zero-order valence-electron chi connectivity index (χ0n) is 16.2. The molecular formula is C22H15ClF3N3OS. The number of nitrogens with zero attached hydrogens (tertiary/aromatic N) is 3. The number of benzene rings is 2. The Bertz CT molecular complexity index is 1220. The first-order valence-electron chi connectivity index (χ1n) is 9.19. The van der Waals surface area contributed by atoms with Crippen LogP contribution < -0.4 is 4.90 Å². The summed E-state index contributed by atoms with van der Waals surface area (Å²) in [6.45, 7) is 1.92. The highest BCUT2D eigenvalue weighted by atomic mass is 35.5. The van der Waals surface area contributed by atoms with Gasteiger partial charge in [0.05, 0.1) is 33.0 Å². The van der Waals surface area contributed by atoms with E-state index in [0.29, 0.717) is 26.1 Å². The molecule has 0 saturated heterocycles. The molecule has 0 atom stereocenters. The SMILES string of the molecule is Cc1ccc(Cl)c2sc(N(Cc3ccccn3)C(=O)c3cccc(C(F)(F)F)c3)nc12. The van der Waals surface area contributed by atoms with Crippen LogP contribution >= 0.6 is 22.9 Å². The third-order valence-electron chi connectivity index (χ3n) is 4.65. The minimum Gasteiger partial charge on any atom is -0.278 e. The molecule has 4 rings (SSSR count). The van der Waals surface area contributed by atoms with Crippen LogP contribution in [0.25, 0.3) is 10.2 Å². The number of alkyl halides is 3. The minimum atomic E-state index is -4.55. The second-order valence-corrected chi connectivity index (χ2v) is 8.21. The summed E-state index contributed by atoms with van der Waals surface area (Å²) in [6.07, 6.45) is -2.97. The first-order valence-corrected chi connectivity index (χ1v) is 10.4. The van der Waals surface area contributed by atoms with E-state index in [2.05, 4.69) is 9.97 Å². The molecule has 0 aliphatic heterocycles. The van der Waals surface area contributed by atoms with Gasteiger partial charge < -0.3 is 0 Å². The molecule has 0 unspecified atom stereocenters. The van der Waals surface area contributed by atoms with Crippen molar-refractivity contribution in [3.63, 3.8) is 0 Å². The smallest absolute Gasteiger partial charge is 0.278 e. The normalized spacial score (nSPS) is 11.6. The van der Waals surface area contributed by atoms with E-state index >= 15 is 0 Å². The molecule has 2 heterocycles. The molecule has 0 saturated carbocycles. The highest BCUT2D eigenvalue weighted by Crippen LogP contribution is 2.37. The number of carbonyl (C=O) groups is 1. The summed E-state index contributed by atoms with van der Waals surface area (Å²) in [5.74, 6) is -0.607. The van der Waals surface area contributed by atoms with Gasteiger partial charge in [0.1, 0.15) is 0 Å². The van der Waals surface area contributed by atoms with Crippen molar-refractivity contribution in [1.82, 2.24) is 9.97 Å². The van der Waals surface area contributed by atoms with E-state index in [9.17, 15) is 18.0 Å². The van der Waals surface area contributed by atoms with Gasteiger partial charge >= 0.3 is 6.18 Å². The van der Waals surface area contributed by atoms with Gasteiger partial charge in [-0.1, -0.05) is 41.1 Å². The van der Waals surface area contributed by atoms with Gasteiger partial charge in [-0.25, -0.2) is 4.98 Å². The third-order valence-corrected chi connectivity index (χ3v) is 6.18. The predicted octanol–water partition coefficient (Wildman–Crippen LogP) is 6.52. The van der Waals surface area contributed by atoms with Crippen molar-refractivity contribution in [3.8, 4) is 0 Å². The van der Waals surface area contributed by atoms with E-state index < -0.39 is 17.6 Å². The number of hydrogen-bond acceptors (Lipinski definition) is 4. The van der Waals surface area contributed by atoms with Crippen LogP contribution in [-0.4, -0.2) is 15.9 Å². The Kier molecular flexibility index (Phi) is 5.68. The van der Waals surface area contributed by atoms with Crippen molar-refractivity contribution in [2.45, 2.75) is 19.6 Å². The van der Waals surface area contributed by atoms with Crippen molar-refractivity contribution in [1.29, 1.82) is 0 Å². The molecule has 0 fully saturated rings. The van der Waals surface area contributed by atoms with Gasteiger partial charge in [0.15, 0.2) is 5.13 Å². The molecule has 0 aliphatic rings. The average Bonchev–Trinajstić information content (AvgIpc) is 3.21. The summed E-state index contributed by atoms with van der Waals surface area (Å²) in [5, 5.41) is 0.827. The maximum absolute atomic E-state index is 13.3. The van der Waals surface area contributed by atoms with Crippen LogP contribution in [-0.2, 0) is 12.7 Å². The Labute approximate surface area is 184 Å². The largest absolute Gasteiger partial charge is 0.416 e. The van der Waals surface area contributed by atoms with E-state index in [0.717, 1.165) is 17.7 Å². The van der Waals surface area contributed by atoms with E-state index in [1.807, 2.05) is 13.0 Å². The molecule has 9 heteroatoms. The fourth-order valence-electron chi connectivity index (χ4n) is 3.07. The molecule has 4 aromatic rings. The highest BCUT2D eigenvalue weighted by molar-refractivity contribution is 7.23. The number of halogens is 4. The number of rotatable bonds is 4. The number of aromatic nitrogens is 2. The maximum Gasteiger partial charge on any atom is 0.416 e. The van der Waals surface area contributed by atoms with E-state index in [1.54, 1.807) is 30.5 Å². The van der Waals surface area contributed by atoms with Crippen molar-refractivity contribution >= 4 is 44.2 Å². The van der Waals surface area contributed by atoms with Gasteiger partial charge in [-0.15, -0.1) is 0 Å². The van der Waals surface area contributed by atoms with E-state index in [4.69, 9.17) is 11.6 Å². The zero-order valence-corrected chi connectivity index (χ0v) is 17.7. The zero-order chi connectivity index (χ0) is 22.2. The Morgan fingerprint density at radius 3 is 2.61 bits per heavy atom. The standard InChI is InChI=1S/C22H15ClF3N3OS/c1-13-8-9-17(23)19-18(13)28-21(31-19)29(12-16-7-2-3-10-27-16)20(30)14-5-4-6-15(11-14)22(24,25)26/h2-11H,12H2,1H3. The first-order chi connectivity index (χ1) is 14.7. The van der Waals surface area contributed by atoms with Crippen LogP contribution in [0.2, 0.25) is 5.02 Å². The van der Waals surface area contributed by atoms with Crippen molar-refractivity contribution in [3.05, 3.63) is 88.2 Å². The molecule has 0 bridgehead atoms. The Morgan fingerprint density at radius 1 is 1.13 bits per heavy atom. The predicted molar refractivity (Wildman–Crippen MR) is 116 cm³/mol. The summed E-state index contributed by atoms with van der Waals surface area (Å²) in [7, 11) is 0. The monoisotopic (exact) mass is 461 g/mol. The lowest BCUT2D eigenvalue weighted by Gasteiger charge is -2.20. The topological polar surface area (TPSA) is 46.1 Å². The Balaban J connectivity index is 1.81. The summed E-state index contributed by atoms with van der Waals surface area (Å²) in [4.78, 5) is 23.5. The van der Waals surface area contributed by atoms with Crippen LogP contribution in [0.1, 0.15) is 27.2 Å². The molecule has 2 aromatic carbocycles. The molecule has 0 spiro atoms. The number of aryl methyl sites for hydroxylation is 1. The molecule has 0 aliphatic carbocycles. The number of pyridine rings is 1. The average molecular weight is 462 g/mol. The number of amides is 1. The quantitative estimate of drug-likeness (QED) is 0.347. The molecule has 2 aromatic heterocycles. The summed E-state index contributed by atoms with van der Waals surface area (Å²) in [6, 6.07) is 13.2. The number of carbonyl (C=O) groups excluding carboxylic acids is 1. The Hall–Kier alpha value is -2.97. The lowest BCUT2D eigenvalue weighted by molar-refractivity contribution is -0.137. The molecule has 31 heavy (non-hydrogen) atoms. The lowest BCUT2D eigenvalue weighted by atomic mass is 10.1. The molecular weight excluding hydrogens is 447 g/mol. The molecule has 0 radical (unpaired) electrons. The number of anilines is 1. The van der Waals surface area contributed by atoms with Crippen molar-refractivity contribution < 1.29 is 18.0 Å². The molecule has 4 nitrogen and oxygen atoms in total. The number of hydrogen-bond donors (Lipinski definition) is 0. The maximum atomic E-state index is 13.3. The summed E-state index contributed by atoms with van der Waals surface area (Å²) < 4.78 is 40.2. The molecule has 0 N–H and O–H groups in total. The Morgan fingerprint density at radius 2 is 1.94 bits per heavy atom. The first kappa shape index (κ1) is 21.3. The molecule has 1 amide bonds. The van der Waals surface area contributed by atoms with Gasteiger partial charge in [0.2, 0.25) is 0 Å². The van der Waals surface area contributed by atoms with Gasteiger partial charge in [-0.3, -0.25) is 14.7 Å². The number of fused-ring (bicyclic) bond motifs is 1. The van der Waals surface area contributed by atoms with Crippen LogP contribution in [0.4, 0.5) is 18.3 Å². The van der Waals surface area contributed by atoms with Crippen LogP contribution in [0.5, 0.6) is 0 Å². The second-order valence-electron chi connectivity index (χ2n) is 6.83. The van der Waals surface area contributed by atoms with Gasteiger partial charge in [-0.2, -0.15) is 13.2 Å². The van der Waals surface area contributed by atoms with E-state index in [-0.39, 0.29) is 12.1 Å². The van der Waals surface area contributed by atoms with Gasteiger partial charge in [0, 0.05) is 11.8 Å². The highest BCUT2D eigenvalue weighted by Gasteiger charge is 2.32. The van der Waals surface area contributed by atoms with Crippen molar-refractivity contribution in [2.75, 3.05) is 4.90 Å². The number of thiazole rings is 1. The summed E-state index contributed by atoms with van der Waals surface area (Å²) >= 11 is 7.51. The lowest BCUT2D eigenvalue weighted by Crippen LogP contribution is -2.31. The van der Waals surface area contributed by atoms with E-state index in [1.165, 1.54) is 28.4 Å². The van der Waals surface area contributed by atoms with Gasteiger partial charge in [-0.05, 0) is 48.9 Å². The van der Waals surface area contributed by atoms with Crippen LogP contribution in [0.3, 0.4) is 0 Å². The van der Waals surface area contributed by atoms with Gasteiger partial charge in [0.25, 0.3) is 5.91 Å². The fraction of sp³-hybridized carbons (Fsp3) is 0.136. The minimum absolute atomic E-state index is 0.0480. The van der Waals surface area contributed by atoms with Crippen LogP contribution in [0, 0.1) is 6.92 Å². The second kappa shape index (κ2) is 8.28. The fourth-order valence-corrected chi connectivity index (χ4v) is 4.38. The third kappa shape index (κ3) is 4.40. The van der Waals surface area contributed by atoms with Crippen molar-refractivity contribution in [2.24, 2.45) is 0 Å².